The molecule has 0 fully saturated rings. The highest BCUT2D eigenvalue weighted by molar-refractivity contribution is 7.99. The van der Waals surface area contributed by atoms with Gasteiger partial charge < -0.3 is 4.90 Å². The molecular weight excluding hydrogens is 437 g/mol. The summed E-state index contributed by atoms with van der Waals surface area (Å²) in [5.41, 5.74) is 3.74. The van der Waals surface area contributed by atoms with Gasteiger partial charge in [0.1, 0.15) is 5.82 Å². The number of benzene rings is 3. The van der Waals surface area contributed by atoms with Gasteiger partial charge in [-0.15, -0.1) is 0 Å². The molecule has 0 saturated carbocycles. The summed E-state index contributed by atoms with van der Waals surface area (Å²) in [6.45, 7) is 4.17. The molecule has 168 valence electrons. The van der Waals surface area contributed by atoms with E-state index in [1.165, 1.54) is 22.7 Å². The average Bonchev–Trinajstić information content (AvgIpc) is 2.81. The molecule has 0 N–H and O–H groups in total. The van der Waals surface area contributed by atoms with Gasteiger partial charge in [0.2, 0.25) is 5.91 Å². The Morgan fingerprint density at radius 2 is 1.76 bits per heavy atom. The number of halogens is 1. The molecule has 7 heteroatoms. The number of para-hydroxylation sites is 1. The number of rotatable bonds is 6. The van der Waals surface area contributed by atoms with Gasteiger partial charge in [0.05, 0.1) is 22.3 Å². The molecule has 0 bridgehead atoms. The van der Waals surface area contributed by atoms with Crippen molar-refractivity contribution in [3.63, 3.8) is 0 Å². The Kier molecular flexibility index (Phi) is 6.60. The van der Waals surface area contributed by atoms with Crippen molar-refractivity contribution >= 4 is 28.6 Å². The standard InChI is InChI=1S/C26H24FN3O2S/c1-17-12-13-20(14-18(17)2)30-25(32)21-9-5-7-11-23(21)28-26(30)33-16-24(31)29(3)15-19-8-4-6-10-22(19)27/h4-14H,15-16H2,1-3H3. The van der Waals surface area contributed by atoms with Crippen LogP contribution in [-0.2, 0) is 11.3 Å². The molecule has 0 spiro atoms. The predicted octanol–water partition coefficient (Wildman–Crippen LogP) is 4.89. The van der Waals surface area contributed by atoms with E-state index in [1.54, 1.807) is 41.9 Å². The second-order valence-corrected chi connectivity index (χ2v) is 8.89. The summed E-state index contributed by atoms with van der Waals surface area (Å²) >= 11 is 1.20. The maximum absolute atomic E-state index is 14.0. The Balaban J connectivity index is 1.65. The first-order chi connectivity index (χ1) is 15.8. The van der Waals surface area contributed by atoms with E-state index in [-0.39, 0.29) is 29.6 Å². The van der Waals surface area contributed by atoms with Gasteiger partial charge in [0, 0.05) is 19.2 Å². The Hall–Kier alpha value is -3.45. The third-order valence-corrected chi connectivity index (χ3v) is 6.53. The summed E-state index contributed by atoms with van der Waals surface area (Å²) in [5, 5.41) is 0.956. The van der Waals surface area contributed by atoms with E-state index in [0.29, 0.717) is 27.3 Å². The normalized spacial score (nSPS) is 11.0. The molecule has 3 aromatic carbocycles. The minimum atomic E-state index is -0.343. The molecule has 1 heterocycles. The van der Waals surface area contributed by atoms with Crippen LogP contribution in [0.4, 0.5) is 4.39 Å². The molecule has 0 aliphatic carbocycles. The molecule has 0 saturated heterocycles. The van der Waals surface area contributed by atoms with E-state index >= 15 is 0 Å². The summed E-state index contributed by atoms with van der Waals surface area (Å²) < 4.78 is 15.5. The topological polar surface area (TPSA) is 55.2 Å². The average molecular weight is 462 g/mol. The van der Waals surface area contributed by atoms with E-state index < -0.39 is 0 Å². The summed E-state index contributed by atoms with van der Waals surface area (Å²) in [5.74, 6) is -0.456. The van der Waals surface area contributed by atoms with Crippen molar-refractivity contribution in [2.45, 2.75) is 25.5 Å². The minimum Gasteiger partial charge on any atom is -0.341 e. The van der Waals surface area contributed by atoms with Crippen LogP contribution in [0, 0.1) is 19.7 Å². The summed E-state index contributed by atoms with van der Waals surface area (Å²) in [6, 6.07) is 19.4. The van der Waals surface area contributed by atoms with E-state index in [0.717, 1.165) is 11.1 Å². The number of carbonyl (C=O) groups is 1. The molecule has 0 aliphatic rings. The van der Waals surface area contributed by atoms with Crippen LogP contribution in [-0.4, -0.2) is 33.2 Å². The fourth-order valence-electron chi connectivity index (χ4n) is 3.51. The molecule has 5 nitrogen and oxygen atoms in total. The van der Waals surface area contributed by atoms with Crippen molar-refractivity contribution in [1.82, 2.24) is 14.5 Å². The fraction of sp³-hybridized carbons (Fsp3) is 0.192. The van der Waals surface area contributed by atoms with Crippen LogP contribution in [0.2, 0.25) is 0 Å². The number of aromatic nitrogens is 2. The lowest BCUT2D eigenvalue weighted by molar-refractivity contribution is -0.127. The molecule has 0 unspecified atom stereocenters. The van der Waals surface area contributed by atoms with Crippen molar-refractivity contribution < 1.29 is 9.18 Å². The Morgan fingerprint density at radius 1 is 1.03 bits per heavy atom. The van der Waals surface area contributed by atoms with E-state index in [4.69, 9.17) is 0 Å². The highest BCUT2D eigenvalue weighted by atomic mass is 32.2. The molecule has 1 aromatic heterocycles. The summed E-state index contributed by atoms with van der Waals surface area (Å²) in [7, 11) is 1.64. The molecule has 0 atom stereocenters. The zero-order valence-corrected chi connectivity index (χ0v) is 19.5. The first-order valence-corrected chi connectivity index (χ1v) is 11.5. The maximum atomic E-state index is 14.0. The summed E-state index contributed by atoms with van der Waals surface area (Å²) in [4.78, 5) is 32.3. The molecule has 1 amide bonds. The number of fused-ring (bicyclic) bond motifs is 1. The highest BCUT2D eigenvalue weighted by Gasteiger charge is 2.17. The first kappa shape index (κ1) is 22.7. The number of aryl methyl sites for hydroxylation is 2. The number of carbonyl (C=O) groups excluding carboxylic acids is 1. The van der Waals surface area contributed by atoms with Crippen molar-refractivity contribution in [2.24, 2.45) is 0 Å². The van der Waals surface area contributed by atoms with Gasteiger partial charge >= 0.3 is 0 Å². The van der Waals surface area contributed by atoms with Gasteiger partial charge in [-0.3, -0.25) is 14.2 Å². The third kappa shape index (κ3) is 4.83. The van der Waals surface area contributed by atoms with Gasteiger partial charge in [-0.2, -0.15) is 0 Å². The van der Waals surface area contributed by atoms with Gasteiger partial charge in [0.25, 0.3) is 5.56 Å². The zero-order valence-electron chi connectivity index (χ0n) is 18.7. The van der Waals surface area contributed by atoms with Gasteiger partial charge in [-0.25, -0.2) is 9.37 Å². The SMILES string of the molecule is Cc1ccc(-n2c(SCC(=O)N(C)Cc3ccccc3F)nc3ccccc3c2=O)cc1C. The number of nitrogens with zero attached hydrogens (tertiary/aromatic N) is 3. The van der Waals surface area contributed by atoms with E-state index in [1.807, 2.05) is 44.2 Å². The second kappa shape index (κ2) is 9.58. The lowest BCUT2D eigenvalue weighted by Crippen LogP contribution is -2.29. The van der Waals surface area contributed by atoms with Gasteiger partial charge in [0.15, 0.2) is 5.16 Å². The van der Waals surface area contributed by atoms with Crippen molar-refractivity contribution in [1.29, 1.82) is 0 Å². The molecule has 33 heavy (non-hydrogen) atoms. The summed E-state index contributed by atoms with van der Waals surface area (Å²) in [6.07, 6.45) is 0. The van der Waals surface area contributed by atoms with Crippen LogP contribution in [0.25, 0.3) is 16.6 Å². The number of amides is 1. The lowest BCUT2D eigenvalue weighted by Gasteiger charge is -2.18. The van der Waals surface area contributed by atoms with Crippen LogP contribution >= 0.6 is 11.8 Å². The Morgan fingerprint density at radius 3 is 2.52 bits per heavy atom. The van der Waals surface area contributed by atoms with Crippen LogP contribution in [0.3, 0.4) is 0 Å². The number of hydrogen-bond acceptors (Lipinski definition) is 4. The molecule has 4 aromatic rings. The van der Waals surface area contributed by atoms with Crippen molar-refractivity contribution in [3.8, 4) is 5.69 Å². The van der Waals surface area contributed by atoms with E-state index in [2.05, 4.69) is 4.98 Å². The first-order valence-electron chi connectivity index (χ1n) is 10.5. The monoisotopic (exact) mass is 461 g/mol. The zero-order chi connectivity index (χ0) is 23.5. The maximum Gasteiger partial charge on any atom is 0.266 e. The smallest absolute Gasteiger partial charge is 0.266 e. The largest absolute Gasteiger partial charge is 0.341 e. The third-order valence-electron chi connectivity index (χ3n) is 5.61. The molecule has 0 aliphatic heterocycles. The minimum absolute atomic E-state index is 0.0700. The van der Waals surface area contributed by atoms with Gasteiger partial charge in [-0.05, 0) is 55.3 Å². The second-order valence-electron chi connectivity index (χ2n) is 7.95. The van der Waals surface area contributed by atoms with Crippen LogP contribution < -0.4 is 5.56 Å². The van der Waals surface area contributed by atoms with Crippen molar-refractivity contribution in [3.05, 3.63) is 99.6 Å². The quantitative estimate of drug-likeness (QED) is 0.303. The highest BCUT2D eigenvalue weighted by Crippen LogP contribution is 2.23. The van der Waals surface area contributed by atoms with Crippen LogP contribution in [0.1, 0.15) is 16.7 Å². The molecule has 4 rings (SSSR count). The fourth-order valence-corrected chi connectivity index (χ4v) is 4.46. The Labute approximate surface area is 195 Å². The lowest BCUT2D eigenvalue weighted by atomic mass is 10.1. The molecular formula is C26H24FN3O2S. The van der Waals surface area contributed by atoms with Crippen LogP contribution in [0.5, 0.6) is 0 Å². The molecule has 0 radical (unpaired) electrons. The number of hydrogen-bond donors (Lipinski definition) is 0. The van der Waals surface area contributed by atoms with E-state index in [9.17, 15) is 14.0 Å². The Bertz CT molecular complexity index is 1400. The number of thioether (sulfide) groups is 1. The van der Waals surface area contributed by atoms with Crippen LogP contribution in [0.15, 0.2) is 76.7 Å². The van der Waals surface area contributed by atoms with Crippen molar-refractivity contribution in [2.75, 3.05) is 12.8 Å². The van der Waals surface area contributed by atoms with Gasteiger partial charge in [-0.1, -0.05) is 48.2 Å². The predicted molar refractivity (Wildman–Crippen MR) is 130 cm³/mol.